The van der Waals surface area contributed by atoms with Gasteiger partial charge in [-0.2, -0.15) is 0 Å². The fourth-order valence-electron chi connectivity index (χ4n) is 2.74. The number of rotatable bonds is 10. The molecule has 1 heterocycles. The minimum atomic E-state index is -3.64. The molecule has 1 aromatic heterocycles. The second kappa shape index (κ2) is 10.6. The minimum absolute atomic E-state index is 0.0841. The van der Waals surface area contributed by atoms with Crippen LogP contribution in [0.3, 0.4) is 0 Å². The third-order valence-corrected chi connectivity index (χ3v) is 6.86. The molecule has 0 spiro atoms. The summed E-state index contributed by atoms with van der Waals surface area (Å²) in [5.74, 6) is -0.438. The van der Waals surface area contributed by atoms with Crippen molar-refractivity contribution in [2.24, 2.45) is 0 Å². The summed E-state index contributed by atoms with van der Waals surface area (Å²) in [6, 6.07) is 12.7. The molecular weight excluding hydrogens is 456 g/mol. The summed E-state index contributed by atoms with van der Waals surface area (Å²) < 4.78 is 42.6. The number of esters is 1. The van der Waals surface area contributed by atoms with Crippen LogP contribution in [0.25, 0.3) is 10.1 Å². The van der Waals surface area contributed by atoms with E-state index in [4.69, 9.17) is 14.2 Å². The minimum Gasteiger partial charge on any atom is -0.484 e. The van der Waals surface area contributed by atoms with E-state index >= 15 is 0 Å². The number of anilines is 1. The first kappa shape index (κ1) is 23.7. The van der Waals surface area contributed by atoms with Gasteiger partial charge in [0.15, 0.2) is 6.61 Å². The quantitative estimate of drug-likeness (QED) is 0.339. The summed E-state index contributed by atoms with van der Waals surface area (Å²) in [7, 11) is -0.829. The Bertz CT molecular complexity index is 1200. The molecule has 0 aliphatic heterocycles. The summed E-state index contributed by atoms with van der Waals surface area (Å²) in [5.41, 5.74) is 0.559. The van der Waals surface area contributed by atoms with E-state index in [1.165, 1.54) is 49.8 Å². The van der Waals surface area contributed by atoms with E-state index in [0.29, 0.717) is 16.3 Å². The molecule has 0 saturated heterocycles. The summed E-state index contributed by atoms with van der Waals surface area (Å²) in [6.45, 7) is 0.174. The number of hydrogen-bond donors (Lipinski definition) is 2. The standard InChI is InChI=1S/C21H22N2O7S2/c1-28-10-9-22-32(26,27)17-6-4-16(5-7-17)30-13-20(24)23-15-3-8-18-14(11-15)12-19(31-18)21(25)29-2/h3-8,11-12,22H,9-10,13H2,1-2H3,(H,23,24). The Morgan fingerprint density at radius 2 is 1.78 bits per heavy atom. The fourth-order valence-corrected chi connectivity index (χ4v) is 4.72. The number of hydrogen-bond acceptors (Lipinski definition) is 8. The van der Waals surface area contributed by atoms with Gasteiger partial charge in [-0.1, -0.05) is 0 Å². The first-order valence-electron chi connectivity index (χ1n) is 9.45. The van der Waals surface area contributed by atoms with Crippen LogP contribution in [0.5, 0.6) is 5.75 Å². The van der Waals surface area contributed by atoms with Crippen LogP contribution >= 0.6 is 11.3 Å². The number of carbonyl (C=O) groups excluding carboxylic acids is 2. The second-order valence-corrected chi connectivity index (χ2v) is 9.40. The van der Waals surface area contributed by atoms with Gasteiger partial charge in [0, 0.05) is 24.0 Å². The number of fused-ring (bicyclic) bond motifs is 1. The lowest BCUT2D eigenvalue weighted by molar-refractivity contribution is -0.118. The van der Waals surface area contributed by atoms with Gasteiger partial charge in [0.25, 0.3) is 5.91 Å². The zero-order chi connectivity index (χ0) is 23.1. The largest absolute Gasteiger partial charge is 0.484 e. The molecule has 0 unspecified atom stereocenters. The average Bonchev–Trinajstić information content (AvgIpc) is 3.21. The number of thiophene rings is 1. The number of methoxy groups -OCH3 is 2. The number of benzene rings is 2. The summed E-state index contributed by atoms with van der Waals surface area (Å²) in [5, 5.41) is 3.54. The molecule has 2 aromatic carbocycles. The van der Waals surface area contributed by atoms with E-state index in [2.05, 4.69) is 10.0 Å². The molecule has 1 amide bonds. The van der Waals surface area contributed by atoms with E-state index in [0.717, 1.165) is 10.1 Å². The molecule has 0 aliphatic carbocycles. The molecule has 0 bridgehead atoms. The highest BCUT2D eigenvalue weighted by Crippen LogP contribution is 2.28. The normalized spacial score (nSPS) is 11.3. The van der Waals surface area contributed by atoms with Crippen molar-refractivity contribution in [3.05, 3.63) is 53.4 Å². The maximum Gasteiger partial charge on any atom is 0.348 e. The zero-order valence-corrected chi connectivity index (χ0v) is 19.0. The molecule has 0 atom stereocenters. The van der Waals surface area contributed by atoms with Gasteiger partial charge < -0.3 is 19.5 Å². The van der Waals surface area contributed by atoms with Gasteiger partial charge in [-0.25, -0.2) is 17.9 Å². The van der Waals surface area contributed by atoms with Crippen molar-refractivity contribution >= 4 is 49.0 Å². The molecule has 170 valence electrons. The maximum atomic E-state index is 12.2. The highest BCUT2D eigenvalue weighted by molar-refractivity contribution is 7.89. The van der Waals surface area contributed by atoms with Crippen LogP contribution in [-0.2, 0) is 24.3 Å². The van der Waals surface area contributed by atoms with Gasteiger partial charge in [0.1, 0.15) is 10.6 Å². The predicted octanol–water partition coefficient (Wildman–Crippen LogP) is 2.63. The molecule has 3 rings (SSSR count). The monoisotopic (exact) mass is 478 g/mol. The Morgan fingerprint density at radius 1 is 1.03 bits per heavy atom. The van der Waals surface area contributed by atoms with Crippen molar-refractivity contribution in [1.82, 2.24) is 4.72 Å². The van der Waals surface area contributed by atoms with Crippen LogP contribution in [0.1, 0.15) is 9.67 Å². The molecule has 3 aromatic rings. The van der Waals surface area contributed by atoms with Crippen molar-refractivity contribution in [3.63, 3.8) is 0 Å². The Balaban J connectivity index is 1.56. The van der Waals surface area contributed by atoms with Gasteiger partial charge in [-0.3, -0.25) is 4.79 Å². The molecule has 0 aliphatic rings. The number of sulfonamides is 1. The lowest BCUT2D eigenvalue weighted by Crippen LogP contribution is -2.27. The van der Waals surface area contributed by atoms with Crippen LogP contribution in [0, 0.1) is 0 Å². The van der Waals surface area contributed by atoms with Crippen LogP contribution in [0.4, 0.5) is 5.69 Å². The fraction of sp³-hybridized carbons (Fsp3) is 0.238. The predicted molar refractivity (Wildman–Crippen MR) is 121 cm³/mol. The third kappa shape index (κ3) is 6.04. The van der Waals surface area contributed by atoms with Crippen molar-refractivity contribution in [2.45, 2.75) is 4.90 Å². The van der Waals surface area contributed by atoms with E-state index in [9.17, 15) is 18.0 Å². The number of amides is 1. The Hall–Kier alpha value is -2.99. The van der Waals surface area contributed by atoms with Crippen LogP contribution in [0.15, 0.2) is 53.4 Å². The van der Waals surface area contributed by atoms with Crippen molar-refractivity contribution in [2.75, 3.05) is 39.3 Å². The van der Waals surface area contributed by atoms with Crippen molar-refractivity contribution in [1.29, 1.82) is 0 Å². The van der Waals surface area contributed by atoms with Gasteiger partial charge in [0.2, 0.25) is 10.0 Å². The number of carbonyl (C=O) groups is 2. The Kier molecular flexibility index (Phi) is 7.80. The zero-order valence-electron chi connectivity index (χ0n) is 17.4. The first-order chi connectivity index (χ1) is 15.3. The van der Waals surface area contributed by atoms with Crippen LogP contribution in [-0.4, -0.2) is 54.3 Å². The summed E-state index contributed by atoms with van der Waals surface area (Å²) >= 11 is 1.31. The third-order valence-electron chi connectivity index (χ3n) is 4.29. The van der Waals surface area contributed by atoms with Crippen LogP contribution < -0.4 is 14.8 Å². The summed E-state index contributed by atoms with van der Waals surface area (Å²) in [6.07, 6.45) is 0. The van der Waals surface area contributed by atoms with E-state index in [1.807, 2.05) is 6.07 Å². The van der Waals surface area contributed by atoms with Crippen LogP contribution in [0.2, 0.25) is 0 Å². The molecule has 2 N–H and O–H groups in total. The highest BCUT2D eigenvalue weighted by atomic mass is 32.2. The topological polar surface area (TPSA) is 120 Å². The molecular formula is C21H22N2O7S2. The Morgan fingerprint density at radius 3 is 2.47 bits per heavy atom. The van der Waals surface area contributed by atoms with Crippen molar-refractivity contribution < 1.29 is 32.2 Å². The van der Waals surface area contributed by atoms with Crippen molar-refractivity contribution in [3.8, 4) is 5.75 Å². The maximum absolute atomic E-state index is 12.2. The smallest absolute Gasteiger partial charge is 0.348 e. The van der Waals surface area contributed by atoms with Gasteiger partial charge in [-0.05, 0) is 53.9 Å². The molecule has 9 nitrogen and oxygen atoms in total. The van der Waals surface area contributed by atoms with E-state index in [1.54, 1.807) is 18.2 Å². The SMILES string of the molecule is COCCNS(=O)(=O)c1ccc(OCC(=O)Nc2ccc3sc(C(=O)OC)cc3c2)cc1. The number of nitrogens with one attached hydrogen (secondary N) is 2. The molecule has 0 radical (unpaired) electrons. The second-order valence-electron chi connectivity index (χ2n) is 6.55. The lowest BCUT2D eigenvalue weighted by Gasteiger charge is -2.09. The summed E-state index contributed by atoms with van der Waals surface area (Å²) in [4.78, 5) is 24.5. The first-order valence-corrected chi connectivity index (χ1v) is 11.8. The van der Waals surface area contributed by atoms with Gasteiger partial charge in [-0.15, -0.1) is 11.3 Å². The molecule has 0 fully saturated rings. The van der Waals surface area contributed by atoms with Gasteiger partial charge in [0.05, 0.1) is 18.6 Å². The van der Waals surface area contributed by atoms with Gasteiger partial charge >= 0.3 is 5.97 Å². The molecule has 0 saturated carbocycles. The Labute approximate surface area is 189 Å². The number of ether oxygens (including phenoxy) is 3. The van der Waals surface area contributed by atoms with E-state index < -0.39 is 16.0 Å². The highest BCUT2D eigenvalue weighted by Gasteiger charge is 2.14. The molecule has 32 heavy (non-hydrogen) atoms. The molecule has 11 heteroatoms. The lowest BCUT2D eigenvalue weighted by atomic mass is 10.2. The van der Waals surface area contributed by atoms with E-state index in [-0.39, 0.29) is 30.6 Å². The average molecular weight is 479 g/mol.